The molecule has 1 unspecified atom stereocenters. The molecule has 0 heterocycles. The van der Waals surface area contributed by atoms with Crippen molar-refractivity contribution in [3.8, 4) is 11.8 Å². The molecule has 0 radical (unpaired) electrons. The van der Waals surface area contributed by atoms with Gasteiger partial charge in [-0.1, -0.05) is 41.4 Å². The van der Waals surface area contributed by atoms with Gasteiger partial charge in [-0.2, -0.15) is 5.26 Å². The van der Waals surface area contributed by atoms with Crippen LogP contribution in [0.4, 0.5) is 0 Å². The summed E-state index contributed by atoms with van der Waals surface area (Å²) < 4.78 is 5.68. The van der Waals surface area contributed by atoms with Crippen molar-refractivity contribution in [2.24, 2.45) is 0 Å². The highest BCUT2D eigenvalue weighted by atomic mass is 35.5. The van der Waals surface area contributed by atoms with Gasteiger partial charge < -0.3 is 15.4 Å². The van der Waals surface area contributed by atoms with E-state index < -0.39 is 5.91 Å². The first-order chi connectivity index (χ1) is 13.4. The van der Waals surface area contributed by atoms with Crippen LogP contribution in [-0.2, 0) is 11.3 Å². The molecular formula is C22H24ClN3O2. The van der Waals surface area contributed by atoms with Gasteiger partial charge in [0.2, 0.25) is 0 Å². The molecule has 0 fully saturated rings. The number of aryl methyl sites for hydroxylation is 1. The molecule has 0 saturated heterocycles. The molecule has 0 aliphatic heterocycles. The number of carbonyl (C=O) groups excluding carboxylic acids is 1. The zero-order valence-corrected chi connectivity index (χ0v) is 17.0. The molecule has 0 aliphatic carbocycles. The molecule has 2 aromatic rings. The molecule has 0 bridgehead atoms. The molecule has 1 amide bonds. The lowest BCUT2D eigenvalue weighted by atomic mass is 10.0. The fourth-order valence-electron chi connectivity index (χ4n) is 2.62. The second-order valence-electron chi connectivity index (χ2n) is 6.34. The molecule has 2 N–H and O–H groups in total. The highest BCUT2D eigenvalue weighted by Gasteiger charge is 2.13. The van der Waals surface area contributed by atoms with E-state index in [9.17, 15) is 10.1 Å². The monoisotopic (exact) mass is 397 g/mol. The molecular weight excluding hydrogens is 374 g/mol. The van der Waals surface area contributed by atoms with Crippen molar-refractivity contribution in [3.63, 3.8) is 0 Å². The van der Waals surface area contributed by atoms with Crippen molar-refractivity contribution in [1.82, 2.24) is 10.6 Å². The third-order valence-corrected chi connectivity index (χ3v) is 4.39. The standard InChI is InChI=1S/C22H24ClN3O2/c1-4-28-21-10-5-15(2)11-20(21)16(3)25-14-18(12-24)22(27)26-13-17-6-8-19(23)9-7-17/h5-11,14,16,25H,4,13H2,1-3H3,(H,26,27)/b18-14-. The number of rotatable bonds is 8. The van der Waals surface area contributed by atoms with Crippen molar-refractivity contribution >= 4 is 17.5 Å². The minimum atomic E-state index is -0.438. The molecule has 5 nitrogen and oxygen atoms in total. The van der Waals surface area contributed by atoms with Gasteiger partial charge in [0, 0.05) is 23.3 Å². The SMILES string of the molecule is CCOc1ccc(C)cc1C(C)N/C=C(/C#N)C(=O)NCc1ccc(Cl)cc1. The Morgan fingerprint density at radius 1 is 1.29 bits per heavy atom. The molecule has 6 heteroatoms. The van der Waals surface area contributed by atoms with E-state index >= 15 is 0 Å². The highest BCUT2D eigenvalue weighted by molar-refractivity contribution is 6.30. The predicted octanol–water partition coefficient (Wildman–Crippen LogP) is 4.42. The van der Waals surface area contributed by atoms with Crippen LogP contribution in [-0.4, -0.2) is 12.5 Å². The fraction of sp³-hybridized carbons (Fsp3) is 0.273. The van der Waals surface area contributed by atoms with E-state index in [4.69, 9.17) is 16.3 Å². The van der Waals surface area contributed by atoms with E-state index in [0.29, 0.717) is 18.2 Å². The maximum Gasteiger partial charge on any atom is 0.263 e. The Hall–Kier alpha value is -2.97. The molecule has 0 saturated carbocycles. The van der Waals surface area contributed by atoms with E-state index in [1.165, 1.54) is 6.20 Å². The Bertz CT molecular complexity index is 886. The molecule has 28 heavy (non-hydrogen) atoms. The van der Waals surface area contributed by atoms with Crippen LogP contribution in [0.5, 0.6) is 5.75 Å². The van der Waals surface area contributed by atoms with E-state index in [1.807, 2.05) is 57.2 Å². The number of nitriles is 1. The maximum atomic E-state index is 12.3. The lowest BCUT2D eigenvalue weighted by Crippen LogP contribution is -2.25. The second kappa shape index (κ2) is 10.4. The summed E-state index contributed by atoms with van der Waals surface area (Å²) >= 11 is 5.85. The van der Waals surface area contributed by atoms with Gasteiger partial charge in [-0.25, -0.2) is 0 Å². The van der Waals surface area contributed by atoms with Gasteiger partial charge in [-0.15, -0.1) is 0 Å². The van der Waals surface area contributed by atoms with Gasteiger partial charge in [-0.3, -0.25) is 4.79 Å². The van der Waals surface area contributed by atoms with Crippen LogP contribution >= 0.6 is 11.6 Å². The largest absolute Gasteiger partial charge is 0.494 e. The van der Waals surface area contributed by atoms with E-state index in [0.717, 1.165) is 22.4 Å². The summed E-state index contributed by atoms with van der Waals surface area (Å²) in [5, 5.41) is 15.8. The average molecular weight is 398 g/mol. The van der Waals surface area contributed by atoms with Gasteiger partial charge in [0.25, 0.3) is 5.91 Å². The number of carbonyl (C=O) groups is 1. The number of amides is 1. The Labute approximate surface area is 171 Å². The number of nitrogens with zero attached hydrogens (tertiary/aromatic N) is 1. The summed E-state index contributed by atoms with van der Waals surface area (Å²) in [7, 11) is 0. The Kier molecular flexibility index (Phi) is 7.91. The van der Waals surface area contributed by atoms with Crippen LogP contribution in [0.2, 0.25) is 5.02 Å². The number of benzene rings is 2. The highest BCUT2D eigenvalue weighted by Crippen LogP contribution is 2.26. The zero-order valence-electron chi connectivity index (χ0n) is 16.3. The van der Waals surface area contributed by atoms with Crippen molar-refractivity contribution in [2.75, 3.05) is 6.61 Å². The number of hydrogen-bond donors (Lipinski definition) is 2. The summed E-state index contributed by atoms with van der Waals surface area (Å²) in [6.07, 6.45) is 1.44. The van der Waals surface area contributed by atoms with Crippen LogP contribution in [0.15, 0.2) is 54.2 Å². The molecule has 0 spiro atoms. The van der Waals surface area contributed by atoms with Crippen molar-refractivity contribution < 1.29 is 9.53 Å². The Morgan fingerprint density at radius 3 is 2.64 bits per heavy atom. The fourth-order valence-corrected chi connectivity index (χ4v) is 2.75. The molecule has 0 aromatic heterocycles. The van der Waals surface area contributed by atoms with Gasteiger partial charge in [0.1, 0.15) is 17.4 Å². The van der Waals surface area contributed by atoms with Crippen molar-refractivity contribution in [2.45, 2.75) is 33.4 Å². The summed E-state index contributed by atoms with van der Waals surface area (Å²) in [5.74, 6) is 0.346. The minimum Gasteiger partial charge on any atom is -0.494 e. The molecule has 2 aromatic carbocycles. The molecule has 1 atom stereocenters. The Morgan fingerprint density at radius 2 is 2.00 bits per heavy atom. The van der Waals surface area contributed by atoms with Crippen molar-refractivity contribution in [3.05, 3.63) is 76.0 Å². The topological polar surface area (TPSA) is 74.1 Å². The van der Waals surface area contributed by atoms with Crippen LogP contribution in [0.3, 0.4) is 0 Å². The zero-order chi connectivity index (χ0) is 20.5. The quantitative estimate of drug-likeness (QED) is 0.510. The lowest BCUT2D eigenvalue weighted by Gasteiger charge is -2.18. The van der Waals surface area contributed by atoms with Crippen molar-refractivity contribution in [1.29, 1.82) is 5.26 Å². The number of halogens is 1. The normalized spacial score (nSPS) is 12.0. The number of nitrogens with one attached hydrogen (secondary N) is 2. The minimum absolute atomic E-state index is 0.00595. The summed E-state index contributed by atoms with van der Waals surface area (Å²) in [6, 6.07) is 14.9. The van der Waals surface area contributed by atoms with Crippen LogP contribution in [0.25, 0.3) is 0 Å². The van der Waals surface area contributed by atoms with E-state index in [-0.39, 0.29) is 11.6 Å². The van der Waals surface area contributed by atoms with Crippen LogP contribution < -0.4 is 15.4 Å². The lowest BCUT2D eigenvalue weighted by molar-refractivity contribution is -0.117. The average Bonchev–Trinajstić information content (AvgIpc) is 2.69. The maximum absolute atomic E-state index is 12.3. The summed E-state index contributed by atoms with van der Waals surface area (Å²) in [5.41, 5.74) is 2.98. The summed E-state index contributed by atoms with van der Waals surface area (Å²) in [4.78, 5) is 12.3. The second-order valence-corrected chi connectivity index (χ2v) is 6.78. The van der Waals surface area contributed by atoms with E-state index in [2.05, 4.69) is 10.6 Å². The molecule has 2 rings (SSSR count). The third kappa shape index (κ3) is 6.04. The molecule has 0 aliphatic rings. The molecule has 146 valence electrons. The number of ether oxygens (including phenoxy) is 1. The smallest absolute Gasteiger partial charge is 0.263 e. The first kappa shape index (κ1) is 21.3. The Balaban J connectivity index is 2.04. The van der Waals surface area contributed by atoms with E-state index in [1.54, 1.807) is 12.1 Å². The van der Waals surface area contributed by atoms with Gasteiger partial charge >= 0.3 is 0 Å². The number of hydrogen-bond acceptors (Lipinski definition) is 4. The summed E-state index contributed by atoms with van der Waals surface area (Å²) in [6.45, 7) is 6.77. The van der Waals surface area contributed by atoms with Crippen LogP contribution in [0.1, 0.15) is 36.6 Å². The van der Waals surface area contributed by atoms with Gasteiger partial charge in [0.05, 0.1) is 12.6 Å². The van der Waals surface area contributed by atoms with Gasteiger partial charge in [0.15, 0.2) is 0 Å². The first-order valence-electron chi connectivity index (χ1n) is 9.07. The third-order valence-electron chi connectivity index (χ3n) is 4.14. The van der Waals surface area contributed by atoms with Crippen LogP contribution in [0, 0.1) is 18.3 Å². The first-order valence-corrected chi connectivity index (χ1v) is 9.44. The van der Waals surface area contributed by atoms with Gasteiger partial charge in [-0.05, 0) is 44.5 Å². The predicted molar refractivity (Wildman–Crippen MR) is 111 cm³/mol.